The average molecular weight is 284 g/mol. The van der Waals surface area contributed by atoms with Crippen LogP contribution in [0.3, 0.4) is 0 Å². The van der Waals surface area contributed by atoms with Crippen LogP contribution in [-0.4, -0.2) is 51.2 Å². The van der Waals surface area contributed by atoms with Crippen LogP contribution in [0.5, 0.6) is 0 Å². The van der Waals surface area contributed by atoms with Crippen LogP contribution in [0.2, 0.25) is 0 Å². The number of ether oxygens (including phenoxy) is 1. The Hall–Kier alpha value is -0.870. The number of allylic oxidation sites excluding steroid dienone is 1. The van der Waals surface area contributed by atoms with E-state index >= 15 is 0 Å². The fraction of sp³-hybridized carbons (Fsp3) is 0.812. The zero-order valence-electron chi connectivity index (χ0n) is 13.5. The molecule has 118 valence electrons. The molecule has 0 aliphatic heterocycles. The number of rotatable bonds is 13. The molecule has 0 aliphatic rings. The van der Waals surface area contributed by atoms with Crippen molar-refractivity contribution in [1.82, 2.24) is 10.2 Å². The molecule has 4 nitrogen and oxygen atoms in total. The first-order chi connectivity index (χ1) is 9.66. The summed E-state index contributed by atoms with van der Waals surface area (Å²) < 4.78 is 5.08. The van der Waals surface area contributed by atoms with Crippen LogP contribution in [0.25, 0.3) is 0 Å². The summed E-state index contributed by atoms with van der Waals surface area (Å²) in [5.41, 5.74) is 0. The molecule has 0 aromatic carbocycles. The maximum atomic E-state index is 11.4. The second kappa shape index (κ2) is 14.5. The summed E-state index contributed by atoms with van der Waals surface area (Å²) in [6.45, 7) is 5.73. The molecule has 1 N–H and O–H groups in total. The number of esters is 1. The number of nitrogens with zero attached hydrogens (tertiary/aromatic N) is 1. The molecule has 0 aromatic heterocycles. The Morgan fingerprint density at radius 3 is 2.55 bits per heavy atom. The summed E-state index contributed by atoms with van der Waals surface area (Å²) >= 11 is 0. The number of nitrogens with one attached hydrogen (secondary N) is 1. The molecule has 0 aromatic rings. The van der Waals surface area contributed by atoms with Gasteiger partial charge in [0.15, 0.2) is 0 Å². The van der Waals surface area contributed by atoms with E-state index in [4.69, 9.17) is 4.74 Å². The van der Waals surface area contributed by atoms with Crippen LogP contribution < -0.4 is 5.32 Å². The van der Waals surface area contributed by atoms with Crippen molar-refractivity contribution < 1.29 is 9.53 Å². The largest absolute Gasteiger partial charge is 0.461 e. The third-order valence-electron chi connectivity index (χ3n) is 2.94. The number of hydrogen-bond donors (Lipinski definition) is 1. The van der Waals surface area contributed by atoms with E-state index in [9.17, 15) is 4.79 Å². The van der Waals surface area contributed by atoms with E-state index in [-0.39, 0.29) is 5.97 Å². The average Bonchev–Trinajstić information content (AvgIpc) is 2.41. The van der Waals surface area contributed by atoms with Crippen molar-refractivity contribution in [3.8, 4) is 0 Å². The maximum Gasteiger partial charge on any atom is 0.306 e. The highest BCUT2D eigenvalue weighted by Crippen LogP contribution is 2.01. The Morgan fingerprint density at radius 2 is 1.85 bits per heavy atom. The van der Waals surface area contributed by atoms with Gasteiger partial charge in [0.1, 0.15) is 6.61 Å². The smallest absolute Gasteiger partial charge is 0.306 e. The molecule has 20 heavy (non-hydrogen) atoms. The topological polar surface area (TPSA) is 41.6 Å². The molecule has 4 heteroatoms. The summed E-state index contributed by atoms with van der Waals surface area (Å²) in [5, 5.41) is 3.43. The molecule has 0 unspecified atom stereocenters. The first-order valence-corrected chi connectivity index (χ1v) is 7.83. The van der Waals surface area contributed by atoms with Gasteiger partial charge in [-0.3, -0.25) is 4.79 Å². The van der Waals surface area contributed by atoms with E-state index in [1.54, 1.807) is 0 Å². The Kier molecular flexibility index (Phi) is 13.9. The molecule has 0 saturated carbocycles. The predicted molar refractivity (Wildman–Crippen MR) is 84.9 cm³/mol. The maximum absolute atomic E-state index is 11.4. The summed E-state index contributed by atoms with van der Waals surface area (Å²) in [5.74, 6) is -0.0790. The Balaban J connectivity index is 3.19. The Morgan fingerprint density at radius 1 is 1.10 bits per heavy atom. The molecular weight excluding hydrogens is 252 g/mol. The molecule has 0 rings (SSSR count). The lowest BCUT2D eigenvalue weighted by molar-refractivity contribution is -0.142. The predicted octanol–water partition coefficient (Wildman–Crippen LogP) is 2.60. The van der Waals surface area contributed by atoms with E-state index in [0.717, 1.165) is 45.3 Å². The van der Waals surface area contributed by atoms with Gasteiger partial charge in [0.2, 0.25) is 0 Å². The van der Waals surface area contributed by atoms with Gasteiger partial charge in [-0.2, -0.15) is 0 Å². The molecule has 0 heterocycles. The lowest BCUT2D eigenvalue weighted by Crippen LogP contribution is -2.22. The van der Waals surface area contributed by atoms with Crippen LogP contribution in [0, 0.1) is 0 Å². The lowest BCUT2D eigenvalue weighted by Gasteiger charge is -2.09. The van der Waals surface area contributed by atoms with E-state index < -0.39 is 0 Å². The zero-order chi connectivity index (χ0) is 15.1. The van der Waals surface area contributed by atoms with E-state index in [1.807, 2.05) is 12.2 Å². The third-order valence-corrected chi connectivity index (χ3v) is 2.94. The van der Waals surface area contributed by atoms with Crippen molar-refractivity contribution in [3.05, 3.63) is 12.2 Å². The van der Waals surface area contributed by atoms with Gasteiger partial charge < -0.3 is 15.0 Å². The van der Waals surface area contributed by atoms with Crippen molar-refractivity contribution >= 4 is 5.97 Å². The second-order valence-electron chi connectivity index (χ2n) is 5.28. The monoisotopic (exact) mass is 284 g/mol. The summed E-state index contributed by atoms with van der Waals surface area (Å²) in [4.78, 5) is 13.6. The lowest BCUT2D eigenvalue weighted by atomic mass is 10.2. The van der Waals surface area contributed by atoms with Crippen molar-refractivity contribution in [2.45, 2.75) is 45.4 Å². The molecule has 0 aliphatic carbocycles. The van der Waals surface area contributed by atoms with Gasteiger partial charge in [-0.15, -0.1) is 0 Å². The summed E-state index contributed by atoms with van der Waals surface area (Å²) in [7, 11) is 4.19. The first kappa shape index (κ1) is 19.1. The van der Waals surface area contributed by atoms with E-state index in [1.165, 1.54) is 6.42 Å². The second-order valence-corrected chi connectivity index (χ2v) is 5.28. The van der Waals surface area contributed by atoms with E-state index in [2.05, 4.69) is 31.2 Å². The van der Waals surface area contributed by atoms with Crippen LogP contribution in [0.1, 0.15) is 45.4 Å². The fourth-order valence-electron chi connectivity index (χ4n) is 1.79. The zero-order valence-corrected chi connectivity index (χ0v) is 13.5. The Bertz CT molecular complexity index is 253. The number of hydrogen-bond acceptors (Lipinski definition) is 4. The highest BCUT2D eigenvalue weighted by atomic mass is 16.5. The number of carbonyl (C=O) groups excluding carboxylic acids is 1. The Labute approximate surface area is 124 Å². The van der Waals surface area contributed by atoms with Gasteiger partial charge >= 0.3 is 5.97 Å². The standard InChI is InChI=1S/C16H32N2O2/c1-4-5-9-15-20-16(19)11-7-6-8-12-17-13-10-14-18(2)3/h5,9,17H,4,6-8,10-15H2,1-3H3/b9-5-. The highest BCUT2D eigenvalue weighted by Gasteiger charge is 2.00. The van der Waals surface area contributed by atoms with Crippen LogP contribution in [0.15, 0.2) is 12.2 Å². The van der Waals surface area contributed by atoms with Crippen LogP contribution in [-0.2, 0) is 9.53 Å². The van der Waals surface area contributed by atoms with Gasteiger partial charge in [0.05, 0.1) is 0 Å². The molecule has 0 bridgehead atoms. The van der Waals surface area contributed by atoms with Gasteiger partial charge in [-0.25, -0.2) is 0 Å². The van der Waals surface area contributed by atoms with Gasteiger partial charge in [-0.05, 0) is 59.4 Å². The molecule has 0 fully saturated rings. The minimum Gasteiger partial charge on any atom is -0.461 e. The molecule has 0 atom stereocenters. The SMILES string of the molecule is CC/C=C\COC(=O)CCCCCNCCCN(C)C. The summed E-state index contributed by atoms with van der Waals surface area (Å²) in [6.07, 6.45) is 9.76. The molecule has 0 spiro atoms. The van der Waals surface area contributed by atoms with Crippen LogP contribution in [0.4, 0.5) is 0 Å². The number of unbranched alkanes of at least 4 members (excludes halogenated alkanes) is 2. The first-order valence-electron chi connectivity index (χ1n) is 7.83. The van der Waals surface area contributed by atoms with Crippen molar-refractivity contribution in [1.29, 1.82) is 0 Å². The minimum absolute atomic E-state index is 0.0790. The fourth-order valence-corrected chi connectivity index (χ4v) is 1.79. The molecule has 0 saturated heterocycles. The highest BCUT2D eigenvalue weighted by molar-refractivity contribution is 5.69. The van der Waals surface area contributed by atoms with Crippen molar-refractivity contribution in [2.75, 3.05) is 40.3 Å². The molecule has 0 amide bonds. The van der Waals surface area contributed by atoms with Gasteiger partial charge in [0, 0.05) is 6.42 Å². The molecular formula is C16H32N2O2. The van der Waals surface area contributed by atoms with Crippen molar-refractivity contribution in [3.63, 3.8) is 0 Å². The summed E-state index contributed by atoms with van der Waals surface area (Å²) in [6, 6.07) is 0. The van der Waals surface area contributed by atoms with Gasteiger partial charge in [-0.1, -0.05) is 25.5 Å². The quantitative estimate of drug-likeness (QED) is 0.321. The number of carbonyl (C=O) groups is 1. The van der Waals surface area contributed by atoms with Gasteiger partial charge in [0.25, 0.3) is 0 Å². The molecule has 0 radical (unpaired) electrons. The van der Waals surface area contributed by atoms with Crippen molar-refractivity contribution in [2.24, 2.45) is 0 Å². The third kappa shape index (κ3) is 15.2. The van der Waals surface area contributed by atoms with E-state index in [0.29, 0.717) is 13.0 Å². The minimum atomic E-state index is -0.0790. The van der Waals surface area contributed by atoms with Crippen LogP contribution >= 0.6 is 0 Å². The normalized spacial score (nSPS) is 11.4.